The minimum atomic E-state index is -3.86. The van der Waals surface area contributed by atoms with Crippen LogP contribution in [-0.4, -0.2) is 80.3 Å². The Kier molecular flexibility index (Phi) is 7.61. The van der Waals surface area contributed by atoms with E-state index in [4.69, 9.17) is 5.11 Å². The van der Waals surface area contributed by atoms with Crippen LogP contribution in [0.3, 0.4) is 0 Å². The number of hydrogen-bond acceptors (Lipinski definition) is 8. The average Bonchev–Trinajstić information content (AvgIpc) is 3.63. The largest absolute Gasteiger partial charge is 0.395 e. The Hall–Kier alpha value is -3.46. The van der Waals surface area contributed by atoms with Gasteiger partial charge in [-0.05, 0) is 37.1 Å². The minimum absolute atomic E-state index is 0.0621. The Bertz CT molecular complexity index is 1480. The summed E-state index contributed by atoms with van der Waals surface area (Å²) in [5.74, 6) is -3.50. The standard InChI is InChI=1S/C26H30F4N6O4S/c1-16-12-21(33-24(31-16)35-8-5-26(29,30)6-9-35)32-22(38)19-3-2-18(34-41(39,40)11-10-37)13-20(19)36-7-4-25(23(27)28)14-17(25)15-36/h2-3,12-14,23,34,37H,4-11,15H2,1H3,(H,31,32,33,38)/t25-/m1/s1. The van der Waals surface area contributed by atoms with Crippen LogP contribution in [0, 0.1) is 12.3 Å². The maximum Gasteiger partial charge on any atom is 0.258 e. The Morgan fingerprint density at radius 1 is 1.10 bits per heavy atom. The summed E-state index contributed by atoms with van der Waals surface area (Å²) >= 11 is 0. The van der Waals surface area contributed by atoms with Crippen LogP contribution in [0.4, 0.5) is 40.7 Å². The van der Waals surface area contributed by atoms with E-state index in [1.807, 2.05) is 0 Å². The van der Waals surface area contributed by atoms with Gasteiger partial charge in [-0.2, -0.15) is 4.98 Å². The molecule has 3 aliphatic rings. The zero-order chi connectivity index (χ0) is 29.6. The number of sulfonamides is 1. The number of aromatic nitrogens is 2. The predicted octanol–water partition coefficient (Wildman–Crippen LogP) is 3.41. The number of benzene rings is 1. The number of fused-ring (bicyclic) bond motifs is 1. The first-order valence-corrected chi connectivity index (χ1v) is 14.8. The molecule has 10 nitrogen and oxygen atoms in total. The second-order valence-corrected chi connectivity index (χ2v) is 12.4. The predicted molar refractivity (Wildman–Crippen MR) is 145 cm³/mol. The molecule has 41 heavy (non-hydrogen) atoms. The molecule has 2 fully saturated rings. The number of aliphatic hydroxyl groups is 1. The van der Waals surface area contributed by atoms with E-state index < -0.39 is 46.1 Å². The molecule has 1 amide bonds. The van der Waals surface area contributed by atoms with Gasteiger partial charge in [0, 0.05) is 50.8 Å². The fourth-order valence-electron chi connectivity index (χ4n) is 5.20. The molecule has 2 aliphatic heterocycles. The first kappa shape index (κ1) is 29.0. The molecule has 1 aromatic heterocycles. The summed E-state index contributed by atoms with van der Waals surface area (Å²) in [4.78, 5) is 25.6. The van der Waals surface area contributed by atoms with Gasteiger partial charge in [0.15, 0.2) is 0 Å². The number of allylic oxidation sites excluding steroid dienone is 1. The van der Waals surface area contributed by atoms with Gasteiger partial charge in [0.1, 0.15) is 5.82 Å². The van der Waals surface area contributed by atoms with Gasteiger partial charge in [-0.25, -0.2) is 31.0 Å². The van der Waals surface area contributed by atoms with E-state index >= 15 is 0 Å². The van der Waals surface area contributed by atoms with E-state index in [1.54, 1.807) is 16.7 Å². The van der Waals surface area contributed by atoms with Crippen molar-refractivity contribution in [2.24, 2.45) is 5.41 Å². The van der Waals surface area contributed by atoms with Gasteiger partial charge in [-0.1, -0.05) is 6.08 Å². The summed E-state index contributed by atoms with van der Waals surface area (Å²) in [6.07, 6.45) is -1.51. The normalized spacial score (nSPS) is 21.8. The van der Waals surface area contributed by atoms with Crippen molar-refractivity contribution in [3.63, 3.8) is 0 Å². The van der Waals surface area contributed by atoms with Gasteiger partial charge in [0.25, 0.3) is 18.3 Å². The van der Waals surface area contributed by atoms with Crippen LogP contribution >= 0.6 is 0 Å². The van der Waals surface area contributed by atoms with Crippen LogP contribution in [0.1, 0.15) is 35.3 Å². The van der Waals surface area contributed by atoms with Gasteiger partial charge in [0.2, 0.25) is 16.0 Å². The molecule has 2 aromatic rings. The first-order chi connectivity index (χ1) is 19.3. The van der Waals surface area contributed by atoms with E-state index in [9.17, 15) is 30.8 Å². The van der Waals surface area contributed by atoms with Crippen LogP contribution in [0.5, 0.6) is 0 Å². The van der Waals surface area contributed by atoms with Crippen molar-refractivity contribution in [1.29, 1.82) is 0 Å². The molecule has 3 N–H and O–H groups in total. The number of amides is 1. The summed E-state index contributed by atoms with van der Waals surface area (Å²) in [5.41, 5.74) is 0.466. The van der Waals surface area contributed by atoms with E-state index in [1.165, 1.54) is 30.3 Å². The van der Waals surface area contributed by atoms with Gasteiger partial charge in [-0.15, -0.1) is 0 Å². The summed E-state index contributed by atoms with van der Waals surface area (Å²) in [6, 6.07) is 5.79. The molecule has 15 heteroatoms. The highest BCUT2D eigenvalue weighted by molar-refractivity contribution is 7.92. The number of anilines is 4. The van der Waals surface area contributed by atoms with Crippen molar-refractivity contribution >= 4 is 39.1 Å². The Morgan fingerprint density at radius 2 is 1.80 bits per heavy atom. The molecule has 2 saturated heterocycles. The number of halogens is 4. The number of piperidine rings is 2. The second kappa shape index (κ2) is 10.7. The van der Waals surface area contributed by atoms with Crippen LogP contribution in [0.25, 0.3) is 0 Å². The molecular weight excluding hydrogens is 568 g/mol. The third kappa shape index (κ3) is 6.25. The van der Waals surface area contributed by atoms with Crippen molar-refractivity contribution in [3.05, 3.63) is 47.2 Å². The van der Waals surface area contributed by atoms with Gasteiger partial charge in [0.05, 0.1) is 34.7 Å². The number of nitrogens with zero attached hydrogens (tertiary/aromatic N) is 4. The molecule has 0 spiro atoms. The number of aliphatic hydroxyl groups excluding tert-OH is 1. The number of rotatable bonds is 9. The van der Waals surface area contributed by atoms with Crippen molar-refractivity contribution in [3.8, 4) is 0 Å². The molecule has 0 unspecified atom stereocenters. The highest BCUT2D eigenvalue weighted by Gasteiger charge is 2.54. The summed E-state index contributed by atoms with van der Waals surface area (Å²) in [6.45, 7) is 1.57. The van der Waals surface area contributed by atoms with Crippen LogP contribution in [-0.2, 0) is 10.0 Å². The monoisotopic (exact) mass is 598 g/mol. The fraction of sp³-hybridized carbons (Fsp3) is 0.500. The fourth-order valence-corrected chi connectivity index (χ4v) is 6.03. The molecule has 5 rings (SSSR count). The van der Waals surface area contributed by atoms with Crippen molar-refractivity contribution < 1.29 is 35.9 Å². The lowest BCUT2D eigenvalue weighted by Gasteiger charge is -2.34. The van der Waals surface area contributed by atoms with Gasteiger partial charge in [-0.3, -0.25) is 9.52 Å². The van der Waals surface area contributed by atoms with Crippen molar-refractivity contribution in [2.75, 3.05) is 58.4 Å². The maximum absolute atomic E-state index is 13.6. The zero-order valence-electron chi connectivity index (χ0n) is 22.2. The molecule has 0 saturated carbocycles. The molecule has 1 aliphatic carbocycles. The molecule has 222 valence electrons. The number of nitrogens with one attached hydrogen (secondary N) is 2. The van der Waals surface area contributed by atoms with Crippen LogP contribution < -0.4 is 19.8 Å². The lowest BCUT2D eigenvalue weighted by molar-refractivity contribution is -0.0222. The van der Waals surface area contributed by atoms with Crippen LogP contribution in [0.2, 0.25) is 0 Å². The average molecular weight is 599 g/mol. The van der Waals surface area contributed by atoms with E-state index in [-0.39, 0.29) is 68.5 Å². The van der Waals surface area contributed by atoms with E-state index in [0.29, 0.717) is 17.0 Å². The molecule has 1 aromatic carbocycles. The molecule has 0 bridgehead atoms. The van der Waals surface area contributed by atoms with Crippen LogP contribution in [0.15, 0.2) is 35.9 Å². The van der Waals surface area contributed by atoms with Crippen molar-refractivity contribution in [1.82, 2.24) is 9.97 Å². The topological polar surface area (TPSA) is 128 Å². The number of hydrogen-bond donors (Lipinski definition) is 3. The highest BCUT2D eigenvalue weighted by atomic mass is 32.2. The molecule has 3 heterocycles. The lowest BCUT2D eigenvalue weighted by atomic mass is 9.92. The third-order valence-corrected chi connectivity index (χ3v) is 8.84. The smallest absolute Gasteiger partial charge is 0.258 e. The molecule has 0 radical (unpaired) electrons. The third-order valence-electron chi connectivity index (χ3n) is 7.57. The Balaban J connectivity index is 1.41. The number of alkyl halides is 4. The second-order valence-electron chi connectivity index (χ2n) is 10.6. The SMILES string of the molecule is Cc1cc(NC(=O)c2ccc(NS(=O)(=O)CCO)cc2N2CC[C@@]3(C(F)F)C=C3C2)nc(N2CCC(F)(F)CC2)n1. The van der Waals surface area contributed by atoms with E-state index in [2.05, 4.69) is 20.0 Å². The summed E-state index contributed by atoms with van der Waals surface area (Å²) in [7, 11) is -3.86. The Morgan fingerprint density at radius 3 is 2.46 bits per heavy atom. The van der Waals surface area contributed by atoms with Gasteiger partial charge < -0.3 is 20.2 Å². The number of carbonyl (C=O) groups is 1. The summed E-state index contributed by atoms with van der Waals surface area (Å²) in [5, 5.41) is 11.8. The lowest BCUT2D eigenvalue weighted by Crippen LogP contribution is -2.40. The highest BCUT2D eigenvalue weighted by Crippen LogP contribution is 2.55. The van der Waals surface area contributed by atoms with Gasteiger partial charge >= 0.3 is 0 Å². The van der Waals surface area contributed by atoms with E-state index in [0.717, 1.165) is 0 Å². The minimum Gasteiger partial charge on any atom is -0.395 e. The Labute approximate surface area is 234 Å². The summed E-state index contributed by atoms with van der Waals surface area (Å²) < 4.78 is 81.3. The molecular formula is C26H30F4N6O4S. The first-order valence-electron chi connectivity index (χ1n) is 13.1. The maximum atomic E-state index is 13.6. The van der Waals surface area contributed by atoms with Crippen molar-refractivity contribution in [2.45, 2.75) is 38.5 Å². The quantitative estimate of drug-likeness (QED) is 0.296. The number of carbonyl (C=O) groups excluding carboxylic acids is 1. The number of aryl methyl sites for hydroxylation is 1. The molecule has 1 atom stereocenters. The zero-order valence-corrected chi connectivity index (χ0v) is 23.0.